The molecule has 0 aliphatic heterocycles. The molecule has 0 spiro atoms. The third-order valence-corrected chi connectivity index (χ3v) is 7.21. The molecule has 2 nitrogen and oxygen atoms in total. The fourth-order valence-corrected chi connectivity index (χ4v) is 5.61. The Labute approximate surface area is 103 Å². The lowest BCUT2D eigenvalue weighted by Gasteiger charge is -2.21. The van der Waals surface area contributed by atoms with Gasteiger partial charge in [0, 0.05) is 5.75 Å². The van der Waals surface area contributed by atoms with Crippen LogP contribution < -0.4 is 0 Å². The van der Waals surface area contributed by atoms with Gasteiger partial charge in [-0.1, -0.05) is 39.1 Å². The molecule has 92 valence electrons. The largest absolute Gasteiger partial charge is 0.322 e. The molecule has 0 unspecified atom stereocenters. The molecule has 0 bridgehead atoms. The SMILES string of the molecule is CCCOP(=S)(OCCC)SCC(C)C. The predicted octanol–water partition coefficient (Wildman–Crippen LogP) is 4.45. The summed E-state index contributed by atoms with van der Waals surface area (Å²) in [5.74, 6) is 1.65. The fraction of sp³-hybridized carbons (Fsp3) is 1.00. The third-order valence-electron chi connectivity index (χ3n) is 1.47. The zero-order chi connectivity index (χ0) is 11.7. The Morgan fingerprint density at radius 3 is 1.93 bits per heavy atom. The van der Waals surface area contributed by atoms with Crippen molar-refractivity contribution in [1.82, 2.24) is 0 Å². The Bertz CT molecular complexity index is 186. The van der Waals surface area contributed by atoms with Crippen molar-refractivity contribution in [3.8, 4) is 0 Å². The number of rotatable bonds is 9. The second-order valence-electron chi connectivity index (χ2n) is 3.80. The van der Waals surface area contributed by atoms with Gasteiger partial charge < -0.3 is 9.05 Å². The first-order valence-corrected chi connectivity index (χ1v) is 9.80. The molecule has 0 saturated carbocycles. The van der Waals surface area contributed by atoms with E-state index in [2.05, 4.69) is 27.7 Å². The molecule has 0 N–H and O–H groups in total. The summed E-state index contributed by atoms with van der Waals surface area (Å²) >= 11 is 7.17. The van der Waals surface area contributed by atoms with Crippen LogP contribution in [-0.4, -0.2) is 19.0 Å². The number of hydrogen-bond donors (Lipinski definition) is 0. The van der Waals surface area contributed by atoms with Gasteiger partial charge in [0.25, 0.3) is 0 Å². The minimum Gasteiger partial charge on any atom is -0.322 e. The van der Waals surface area contributed by atoms with Gasteiger partial charge in [0.15, 0.2) is 0 Å². The summed E-state index contributed by atoms with van der Waals surface area (Å²) < 4.78 is 11.4. The van der Waals surface area contributed by atoms with Gasteiger partial charge >= 0.3 is 0 Å². The summed E-state index contributed by atoms with van der Waals surface area (Å²) in [7, 11) is 0. The molecular weight excluding hydrogens is 247 g/mol. The van der Waals surface area contributed by atoms with E-state index >= 15 is 0 Å². The van der Waals surface area contributed by atoms with Gasteiger partial charge in [0.05, 0.1) is 13.2 Å². The van der Waals surface area contributed by atoms with Gasteiger partial charge in [0.2, 0.25) is 5.69 Å². The zero-order valence-corrected chi connectivity index (χ0v) is 12.7. The molecule has 0 aromatic carbocycles. The smallest absolute Gasteiger partial charge is 0.247 e. The molecule has 0 rings (SSSR count). The Hall–Kier alpha value is 0.920. The van der Waals surface area contributed by atoms with Crippen LogP contribution >= 0.6 is 17.1 Å². The molecule has 0 saturated heterocycles. The monoisotopic (exact) mass is 270 g/mol. The van der Waals surface area contributed by atoms with Crippen LogP contribution in [-0.2, 0) is 20.9 Å². The zero-order valence-electron chi connectivity index (χ0n) is 10.2. The van der Waals surface area contributed by atoms with E-state index < -0.39 is 5.69 Å². The predicted molar refractivity (Wildman–Crippen MR) is 74.1 cm³/mol. The van der Waals surface area contributed by atoms with Gasteiger partial charge in [-0.2, -0.15) is 0 Å². The van der Waals surface area contributed by atoms with Crippen molar-refractivity contribution in [3.63, 3.8) is 0 Å². The summed E-state index contributed by atoms with van der Waals surface area (Å²) in [5.41, 5.74) is -2.06. The maximum Gasteiger partial charge on any atom is 0.247 e. The van der Waals surface area contributed by atoms with Crippen molar-refractivity contribution < 1.29 is 9.05 Å². The minimum absolute atomic E-state index is 0.632. The fourth-order valence-electron chi connectivity index (χ4n) is 0.758. The third kappa shape index (κ3) is 8.70. The Kier molecular flexibility index (Phi) is 9.55. The van der Waals surface area contributed by atoms with Crippen LogP contribution in [0.2, 0.25) is 0 Å². The van der Waals surface area contributed by atoms with Crippen molar-refractivity contribution in [2.24, 2.45) is 5.92 Å². The first kappa shape index (κ1) is 15.9. The Morgan fingerprint density at radius 1 is 1.13 bits per heavy atom. The molecule has 0 aliphatic rings. The maximum absolute atomic E-state index is 5.70. The van der Waals surface area contributed by atoms with E-state index in [-0.39, 0.29) is 0 Å². The van der Waals surface area contributed by atoms with Crippen molar-refractivity contribution in [2.75, 3.05) is 19.0 Å². The van der Waals surface area contributed by atoms with E-state index in [1.54, 1.807) is 11.4 Å². The summed E-state index contributed by atoms with van der Waals surface area (Å²) in [6.07, 6.45) is 1.99. The van der Waals surface area contributed by atoms with Gasteiger partial charge in [-0.05, 0) is 30.6 Å². The van der Waals surface area contributed by atoms with E-state index in [1.165, 1.54) is 0 Å². The first-order chi connectivity index (χ1) is 7.04. The second kappa shape index (κ2) is 9.00. The van der Waals surface area contributed by atoms with Crippen LogP contribution in [0.3, 0.4) is 0 Å². The van der Waals surface area contributed by atoms with Crippen LogP contribution in [0.15, 0.2) is 0 Å². The van der Waals surface area contributed by atoms with E-state index in [4.69, 9.17) is 20.9 Å². The molecular formula is C10H23O2PS2. The lowest BCUT2D eigenvalue weighted by Crippen LogP contribution is -1.98. The van der Waals surface area contributed by atoms with E-state index in [9.17, 15) is 0 Å². The standard InChI is InChI=1S/C10H23O2PS2/c1-5-7-11-13(14,12-8-6-2)15-9-10(3)4/h10H,5-9H2,1-4H3. The molecule has 0 heterocycles. The minimum atomic E-state index is -2.06. The highest BCUT2D eigenvalue weighted by Gasteiger charge is 2.19. The Balaban J connectivity index is 4.08. The molecule has 5 heteroatoms. The normalized spacial score (nSPS) is 12.3. The van der Waals surface area contributed by atoms with Crippen LogP contribution in [0.1, 0.15) is 40.5 Å². The lowest BCUT2D eigenvalue weighted by atomic mass is 10.3. The molecule has 0 aliphatic carbocycles. The highest BCUT2D eigenvalue weighted by atomic mass is 32.9. The molecule has 0 amide bonds. The maximum atomic E-state index is 5.70. The summed E-state index contributed by atoms with van der Waals surface area (Å²) in [6, 6.07) is 0. The molecule has 15 heavy (non-hydrogen) atoms. The van der Waals surface area contributed by atoms with Gasteiger partial charge in [0.1, 0.15) is 0 Å². The molecule has 0 atom stereocenters. The number of hydrogen-bond acceptors (Lipinski definition) is 4. The lowest BCUT2D eigenvalue weighted by molar-refractivity contribution is 0.259. The van der Waals surface area contributed by atoms with E-state index in [1.807, 2.05) is 0 Å². The van der Waals surface area contributed by atoms with Gasteiger partial charge in [-0.3, -0.25) is 0 Å². The molecule has 0 radical (unpaired) electrons. The molecule has 0 aromatic heterocycles. The van der Waals surface area contributed by atoms with Crippen LogP contribution in [0.4, 0.5) is 0 Å². The van der Waals surface area contributed by atoms with Crippen molar-refractivity contribution in [1.29, 1.82) is 0 Å². The molecule has 0 aromatic rings. The highest BCUT2D eigenvalue weighted by molar-refractivity contribution is 8.67. The summed E-state index contributed by atoms with van der Waals surface area (Å²) in [4.78, 5) is 0. The van der Waals surface area contributed by atoms with Gasteiger partial charge in [-0.25, -0.2) is 0 Å². The van der Waals surface area contributed by atoms with Gasteiger partial charge in [-0.15, -0.1) is 0 Å². The van der Waals surface area contributed by atoms with E-state index in [0.29, 0.717) is 19.1 Å². The van der Waals surface area contributed by atoms with E-state index in [0.717, 1.165) is 18.6 Å². The first-order valence-electron chi connectivity index (χ1n) is 5.57. The summed E-state index contributed by atoms with van der Waals surface area (Å²) in [6.45, 7) is 9.98. The average molecular weight is 270 g/mol. The van der Waals surface area contributed by atoms with Crippen molar-refractivity contribution in [2.45, 2.75) is 40.5 Å². The highest BCUT2D eigenvalue weighted by Crippen LogP contribution is 2.61. The molecule has 0 fully saturated rings. The summed E-state index contributed by atoms with van der Waals surface area (Å²) in [5, 5.41) is 0. The van der Waals surface area contributed by atoms with Crippen LogP contribution in [0.25, 0.3) is 0 Å². The quantitative estimate of drug-likeness (QED) is 0.576. The van der Waals surface area contributed by atoms with Crippen molar-refractivity contribution >= 4 is 28.9 Å². The van der Waals surface area contributed by atoms with Crippen LogP contribution in [0.5, 0.6) is 0 Å². The van der Waals surface area contributed by atoms with Crippen molar-refractivity contribution in [3.05, 3.63) is 0 Å². The second-order valence-corrected chi connectivity index (χ2v) is 10.2. The van der Waals surface area contributed by atoms with Crippen LogP contribution in [0, 0.1) is 5.92 Å². The Morgan fingerprint density at radius 2 is 1.60 bits per heavy atom. The average Bonchev–Trinajstić information content (AvgIpc) is 2.21. The topological polar surface area (TPSA) is 18.5 Å².